The second kappa shape index (κ2) is 5.14. The van der Waals surface area contributed by atoms with Gasteiger partial charge in [-0.1, -0.05) is 18.2 Å². The van der Waals surface area contributed by atoms with Crippen LogP contribution in [-0.2, 0) is 10.2 Å². The maximum absolute atomic E-state index is 9.70. The number of ether oxygens (including phenoxy) is 2. The third kappa shape index (κ3) is 2.15. The van der Waals surface area contributed by atoms with Gasteiger partial charge in [0, 0.05) is 11.0 Å². The van der Waals surface area contributed by atoms with E-state index in [1.165, 1.54) is 5.56 Å². The average molecular weight is 262 g/mol. The summed E-state index contributed by atoms with van der Waals surface area (Å²) in [5, 5.41) is 9.70. The van der Waals surface area contributed by atoms with E-state index in [0.29, 0.717) is 5.92 Å². The van der Waals surface area contributed by atoms with Gasteiger partial charge in [0.1, 0.15) is 5.75 Å². The van der Waals surface area contributed by atoms with Crippen LogP contribution in [0.15, 0.2) is 24.3 Å². The van der Waals surface area contributed by atoms with E-state index in [-0.39, 0.29) is 11.5 Å². The normalized spacial score (nSPS) is 29.6. The Kier molecular flexibility index (Phi) is 3.50. The first-order valence-electron chi connectivity index (χ1n) is 7.15. The zero-order chi connectivity index (χ0) is 13.3. The summed E-state index contributed by atoms with van der Waals surface area (Å²) < 4.78 is 11.1. The van der Waals surface area contributed by atoms with Crippen molar-refractivity contribution in [1.29, 1.82) is 0 Å². The second-order valence-corrected chi connectivity index (χ2v) is 5.85. The van der Waals surface area contributed by atoms with E-state index in [1.807, 2.05) is 12.1 Å². The Morgan fingerprint density at radius 2 is 1.84 bits per heavy atom. The number of aliphatic hydroxyl groups excluding tert-OH is 1. The molecule has 0 spiro atoms. The predicted octanol–water partition coefficient (Wildman–Crippen LogP) is 2.51. The van der Waals surface area contributed by atoms with Gasteiger partial charge in [-0.05, 0) is 37.7 Å². The number of methoxy groups -OCH3 is 1. The highest BCUT2D eigenvalue weighted by atomic mass is 16.5. The summed E-state index contributed by atoms with van der Waals surface area (Å²) in [5.41, 5.74) is 1.39. The summed E-state index contributed by atoms with van der Waals surface area (Å²) in [6.45, 7) is 1.57. The number of benzene rings is 1. The minimum atomic E-state index is -0.105. The zero-order valence-electron chi connectivity index (χ0n) is 11.5. The summed E-state index contributed by atoms with van der Waals surface area (Å²) in [5.74, 6) is 1.57. The summed E-state index contributed by atoms with van der Waals surface area (Å²) in [6, 6.07) is 8.30. The average Bonchev–Trinajstić information content (AvgIpc) is 2.40. The summed E-state index contributed by atoms with van der Waals surface area (Å²) in [4.78, 5) is 0. The molecule has 1 N–H and O–H groups in total. The molecule has 3 rings (SSSR count). The SMILES string of the molecule is COc1ccccc1C1(C2CCC(O)CC2)COC1. The summed E-state index contributed by atoms with van der Waals surface area (Å²) in [7, 11) is 1.73. The minimum Gasteiger partial charge on any atom is -0.496 e. The lowest BCUT2D eigenvalue weighted by Crippen LogP contribution is -2.53. The molecule has 1 heterocycles. The van der Waals surface area contributed by atoms with Crippen LogP contribution in [0.2, 0.25) is 0 Å². The van der Waals surface area contributed by atoms with Crippen molar-refractivity contribution < 1.29 is 14.6 Å². The lowest BCUT2D eigenvalue weighted by atomic mass is 9.63. The molecular weight excluding hydrogens is 240 g/mol. The van der Waals surface area contributed by atoms with Crippen LogP contribution in [0.5, 0.6) is 5.75 Å². The molecule has 19 heavy (non-hydrogen) atoms. The quantitative estimate of drug-likeness (QED) is 0.909. The smallest absolute Gasteiger partial charge is 0.122 e. The van der Waals surface area contributed by atoms with Crippen molar-refractivity contribution in [2.45, 2.75) is 37.2 Å². The molecular formula is C16H22O3. The standard InChI is InChI=1S/C16H22O3/c1-18-15-5-3-2-4-14(15)16(10-19-11-16)12-6-8-13(17)9-7-12/h2-5,12-13,17H,6-11H2,1H3. The van der Waals surface area contributed by atoms with Gasteiger partial charge in [0.2, 0.25) is 0 Å². The van der Waals surface area contributed by atoms with Gasteiger partial charge in [-0.25, -0.2) is 0 Å². The van der Waals surface area contributed by atoms with Gasteiger partial charge in [-0.3, -0.25) is 0 Å². The van der Waals surface area contributed by atoms with Gasteiger partial charge in [0.15, 0.2) is 0 Å². The van der Waals surface area contributed by atoms with E-state index in [0.717, 1.165) is 44.6 Å². The van der Waals surface area contributed by atoms with E-state index in [1.54, 1.807) is 7.11 Å². The van der Waals surface area contributed by atoms with Crippen LogP contribution >= 0.6 is 0 Å². The van der Waals surface area contributed by atoms with Gasteiger partial charge < -0.3 is 14.6 Å². The van der Waals surface area contributed by atoms with E-state index >= 15 is 0 Å². The molecule has 3 heteroatoms. The maximum atomic E-state index is 9.70. The van der Waals surface area contributed by atoms with E-state index in [9.17, 15) is 5.11 Å². The van der Waals surface area contributed by atoms with Crippen LogP contribution in [0, 0.1) is 5.92 Å². The monoisotopic (exact) mass is 262 g/mol. The molecule has 1 aliphatic heterocycles. The third-order valence-corrected chi connectivity index (χ3v) is 4.84. The van der Waals surface area contributed by atoms with Gasteiger partial charge in [-0.15, -0.1) is 0 Å². The second-order valence-electron chi connectivity index (χ2n) is 5.85. The number of aliphatic hydroxyl groups is 1. The highest BCUT2D eigenvalue weighted by Gasteiger charge is 2.49. The Balaban J connectivity index is 1.90. The Morgan fingerprint density at radius 1 is 1.16 bits per heavy atom. The molecule has 2 aliphatic rings. The lowest BCUT2D eigenvalue weighted by molar-refractivity contribution is -0.104. The van der Waals surface area contributed by atoms with Gasteiger partial charge in [0.05, 0.1) is 26.4 Å². The predicted molar refractivity (Wildman–Crippen MR) is 73.5 cm³/mol. The Hall–Kier alpha value is -1.06. The Labute approximate surface area is 114 Å². The fourth-order valence-electron chi connectivity index (χ4n) is 3.62. The largest absolute Gasteiger partial charge is 0.496 e. The molecule has 0 bridgehead atoms. The van der Waals surface area contributed by atoms with Crippen molar-refractivity contribution >= 4 is 0 Å². The number of para-hydroxylation sites is 1. The van der Waals surface area contributed by atoms with Crippen molar-refractivity contribution in [3.05, 3.63) is 29.8 Å². The fourth-order valence-corrected chi connectivity index (χ4v) is 3.62. The van der Waals surface area contributed by atoms with Crippen molar-refractivity contribution in [3.63, 3.8) is 0 Å². The molecule has 104 valence electrons. The molecule has 3 nitrogen and oxygen atoms in total. The van der Waals surface area contributed by atoms with Gasteiger partial charge >= 0.3 is 0 Å². The molecule has 1 saturated heterocycles. The van der Waals surface area contributed by atoms with E-state index < -0.39 is 0 Å². The number of rotatable bonds is 3. The molecule has 0 amide bonds. The Bertz CT molecular complexity index is 431. The highest BCUT2D eigenvalue weighted by Crippen LogP contribution is 2.48. The van der Waals surface area contributed by atoms with Crippen LogP contribution in [0.3, 0.4) is 0 Å². The van der Waals surface area contributed by atoms with Crippen LogP contribution in [-0.4, -0.2) is 31.5 Å². The first-order chi connectivity index (χ1) is 9.26. The molecule has 0 aromatic heterocycles. The first kappa shape index (κ1) is 12.9. The molecule has 1 aromatic rings. The Morgan fingerprint density at radius 3 is 2.42 bits per heavy atom. The van der Waals surface area contributed by atoms with E-state index in [2.05, 4.69) is 12.1 Å². The number of hydrogen-bond donors (Lipinski definition) is 1. The van der Waals surface area contributed by atoms with Crippen LogP contribution in [0.1, 0.15) is 31.2 Å². The maximum Gasteiger partial charge on any atom is 0.122 e. The number of hydrogen-bond acceptors (Lipinski definition) is 3. The molecule has 1 aliphatic carbocycles. The fraction of sp³-hybridized carbons (Fsp3) is 0.625. The highest BCUT2D eigenvalue weighted by molar-refractivity contribution is 5.42. The van der Waals surface area contributed by atoms with Crippen molar-refractivity contribution in [3.8, 4) is 5.75 Å². The molecule has 0 atom stereocenters. The summed E-state index contributed by atoms with van der Waals surface area (Å²) in [6.07, 6.45) is 3.90. The van der Waals surface area contributed by atoms with Crippen LogP contribution < -0.4 is 4.74 Å². The van der Waals surface area contributed by atoms with Crippen molar-refractivity contribution in [2.75, 3.05) is 20.3 Å². The minimum absolute atomic E-state index is 0.104. The first-order valence-corrected chi connectivity index (χ1v) is 7.15. The van der Waals surface area contributed by atoms with Crippen molar-refractivity contribution in [1.82, 2.24) is 0 Å². The molecule has 2 fully saturated rings. The van der Waals surface area contributed by atoms with Crippen LogP contribution in [0.25, 0.3) is 0 Å². The zero-order valence-corrected chi connectivity index (χ0v) is 11.5. The van der Waals surface area contributed by atoms with Crippen LogP contribution in [0.4, 0.5) is 0 Å². The molecule has 0 radical (unpaired) electrons. The topological polar surface area (TPSA) is 38.7 Å². The third-order valence-electron chi connectivity index (χ3n) is 4.84. The van der Waals surface area contributed by atoms with Crippen molar-refractivity contribution in [2.24, 2.45) is 5.92 Å². The molecule has 0 unspecified atom stereocenters. The summed E-state index contributed by atoms with van der Waals surface area (Å²) >= 11 is 0. The van der Waals surface area contributed by atoms with Gasteiger partial charge in [-0.2, -0.15) is 0 Å². The van der Waals surface area contributed by atoms with E-state index in [4.69, 9.17) is 9.47 Å². The molecule has 1 aromatic carbocycles. The lowest BCUT2D eigenvalue weighted by Gasteiger charge is -2.49. The van der Waals surface area contributed by atoms with Gasteiger partial charge in [0.25, 0.3) is 0 Å². The molecule has 1 saturated carbocycles.